The number of carbonyl (C=O) groups is 1. The topological polar surface area (TPSA) is 46.2 Å². The largest absolute Gasteiger partial charge is 0.322 e. The van der Waals surface area contributed by atoms with Crippen LogP contribution in [0.4, 0.5) is 5.69 Å². The quantitative estimate of drug-likeness (QED) is 0.923. The Morgan fingerprint density at radius 2 is 2.05 bits per heavy atom. The average Bonchev–Trinajstić information content (AvgIpc) is 2.40. The smallest absolute Gasteiger partial charge is 0.251 e. The van der Waals surface area contributed by atoms with Crippen LogP contribution in [0.5, 0.6) is 0 Å². The lowest BCUT2D eigenvalue weighted by Crippen LogP contribution is -2.22. The van der Waals surface area contributed by atoms with Crippen LogP contribution in [0.3, 0.4) is 0 Å². The van der Waals surface area contributed by atoms with Gasteiger partial charge in [-0.15, -0.1) is 0 Å². The number of nitrogens with one attached hydrogen (secondary N) is 1. The SMILES string of the molecule is CS(=O)Cc1ccccc1NC(=O)C1=CCC(C)(C)CC1. The molecule has 0 saturated heterocycles. The Hall–Kier alpha value is -1.42. The molecule has 0 aromatic heterocycles. The summed E-state index contributed by atoms with van der Waals surface area (Å²) in [6.07, 6.45) is 6.52. The monoisotopic (exact) mass is 305 g/mol. The minimum absolute atomic E-state index is 0.0279. The third-order valence-corrected chi connectivity index (χ3v) is 4.61. The molecule has 0 aliphatic heterocycles. The summed E-state index contributed by atoms with van der Waals surface area (Å²) in [5.74, 6) is 0.433. The predicted octanol–water partition coefficient (Wildman–Crippen LogP) is 3.64. The molecular weight excluding hydrogens is 282 g/mol. The molecule has 0 bridgehead atoms. The zero-order chi connectivity index (χ0) is 15.5. The third kappa shape index (κ3) is 4.53. The number of amides is 1. The third-order valence-electron chi connectivity index (χ3n) is 3.89. The van der Waals surface area contributed by atoms with E-state index in [4.69, 9.17) is 0 Å². The van der Waals surface area contributed by atoms with Crippen molar-refractivity contribution >= 4 is 22.4 Å². The van der Waals surface area contributed by atoms with E-state index in [1.165, 1.54) is 0 Å². The fraction of sp³-hybridized carbons (Fsp3) is 0.471. The summed E-state index contributed by atoms with van der Waals surface area (Å²) in [6.45, 7) is 4.45. The Morgan fingerprint density at radius 3 is 2.67 bits per heavy atom. The summed E-state index contributed by atoms with van der Waals surface area (Å²) in [5, 5.41) is 2.97. The van der Waals surface area contributed by atoms with Crippen molar-refractivity contribution in [2.75, 3.05) is 11.6 Å². The minimum Gasteiger partial charge on any atom is -0.322 e. The van der Waals surface area contributed by atoms with Gasteiger partial charge in [-0.25, -0.2) is 0 Å². The molecule has 21 heavy (non-hydrogen) atoms. The summed E-state index contributed by atoms with van der Waals surface area (Å²) in [5.41, 5.74) is 2.84. The van der Waals surface area contributed by atoms with Gasteiger partial charge in [0.25, 0.3) is 5.91 Å². The van der Waals surface area contributed by atoms with E-state index < -0.39 is 10.8 Å². The summed E-state index contributed by atoms with van der Waals surface area (Å²) in [4.78, 5) is 12.4. The van der Waals surface area contributed by atoms with Crippen LogP contribution in [-0.2, 0) is 21.3 Å². The molecule has 1 atom stereocenters. The van der Waals surface area contributed by atoms with Crippen molar-refractivity contribution in [2.45, 2.75) is 38.9 Å². The predicted molar refractivity (Wildman–Crippen MR) is 88.6 cm³/mol. The molecule has 1 aliphatic carbocycles. The molecule has 114 valence electrons. The fourth-order valence-electron chi connectivity index (χ4n) is 2.47. The van der Waals surface area contributed by atoms with Gasteiger partial charge in [0.05, 0.1) is 5.75 Å². The van der Waals surface area contributed by atoms with E-state index in [1.807, 2.05) is 24.3 Å². The highest BCUT2D eigenvalue weighted by Crippen LogP contribution is 2.34. The first-order chi connectivity index (χ1) is 9.87. The molecule has 1 amide bonds. The summed E-state index contributed by atoms with van der Waals surface area (Å²) in [6, 6.07) is 7.57. The van der Waals surface area contributed by atoms with Crippen LogP contribution < -0.4 is 5.32 Å². The van der Waals surface area contributed by atoms with Gasteiger partial charge in [-0.3, -0.25) is 9.00 Å². The Kier molecular flexibility index (Phi) is 4.99. The summed E-state index contributed by atoms with van der Waals surface area (Å²) in [7, 11) is -0.923. The van der Waals surface area contributed by atoms with Gasteiger partial charge in [-0.1, -0.05) is 38.1 Å². The lowest BCUT2D eigenvalue weighted by atomic mass is 9.78. The second kappa shape index (κ2) is 6.56. The van der Waals surface area contributed by atoms with Gasteiger partial charge in [0.1, 0.15) is 0 Å². The van der Waals surface area contributed by atoms with E-state index >= 15 is 0 Å². The number of anilines is 1. The molecule has 0 fully saturated rings. The van der Waals surface area contributed by atoms with Crippen molar-refractivity contribution in [1.29, 1.82) is 0 Å². The fourth-order valence-corrected chi connectivity index (χ4v) is 3.16. The first-order valence-corrected chi connectivity index (χ1v) is 8.98. The highest BCUT2D eigenvalue weighted by atomic mass is 32.2. The van der Waals surface area contributed by atoms with Crippen LogP contribution in [0, 0.1) is 5.41 Å². The molecule has 1 aromatic rings. The minimum atomic E-state index is -0.923. The van der Waals surface area contributed by atoms with Crippen LogP contribution >= 0.6 is 0 Å². The van der Waals surface area contributed by atoms with Gasteiger partial charge in [0, 0.05) is 28.3 Å². The molecule has 0 heterocycles. The van der Waals surface area contributed by atoms with Crippen molar-refractivity contribution in [3.63, 3.8) is 0 Å². The van der Waals surface area contributed by atoms with Crippen LogP contribution in [0.2, 0.25) is 0 Å². The molecule has 1 aliphatic rings. The van der Waals surface area contributed by atoms with E-state index in [2.05, 4.69) is 25.2 Å². The number of hydrogen-bond acceptors (Lipinski definition) is 2. The lowest BCUT2D eigenvalue weighted by molar-refractivity contribution is -0.113. The maximum Gasteiger partial charge on any atom is 0.251 e. The van der Waals surface area contributed by atoms with Crippen molar-refractivity contribution in [3.8, 4) is 0 Å². The van der Waals surface area contributed by atoms with E-state index in [1.54, 1.807) is 6.26 Å². The van der Waals surface area contributed by atoms with E-state index in [9.17, 15) is 9.00 Å². The lowest BCUT2D eigenvalue weighted by Gasteiger charge is -2.28. The number of hydrogen-bond donors (Lipinski definition) is 1. The van der Waals surface area contributed by atoms with Gasteiger partial charge < -0.3 is 5.32 Å². The van der Waals surface area contributed by atoms with Crippen molar-refractivity contribution in [2.24, 2.45) is 5.41 Å². The van der Waals surface area contributed by atoms with E-state index in [0.717, 1.165) is 36.1 Å². The Labute approximate surface area is 129 Å². The Bertz CT molecular complexity index is 590. The molecule has 2 rings (SSSR count). The number of carbonyl (C=O) groups excluding carboxylic acids is 1. The maximum absolute atomic E-state index is 12.4. The number of rotatable bonds is 4. The van der Waals surface area contributed by atoms with Crippen LogP contribution in [-0.4, -0.2) is 16.4 Å². The van der Waals surface area contributed by atoms with E-state index in [0.29, 0.717) is 11.2 Å². The van der Waals surface area contributed by atoms with Gasteiger partial charge in [0.15, 0.2) is 0 Å². The first-order valence-electron chi connectivity index (χ1n) is 7.26. The second-order valence-corrected chi connectivity index (χ2v) is 7.86. The van der Waals surface area contributed by atoms with E-state index in [-0.39, 0.29) is 5.91 Å². The molecule has 3 nitrogen and oxygen atoms in total. The maximum atomic E-state index is 12.4. The zero-order valence-corrected chi connectivity index (χ0v) is 13.8. The number of allylic oxidation sites excluding steroid dienone is 1. The van der Waals surface area contributed by atoms with Crippen LogP contribution in [0.1, 0.15) is 38.7 Å². The molecule has 1 aromatic carbocycles. The normalized spacial score (nSPS) is 18.7. The van der Waals surface area contributed by atoms with Crippen molar-refractivity contribution < 1.29 is 9.00 Å². The summed E-state index contributed by atoms with van der Waals surface area (Å²) >= 11 is 0. The zero-order valence-electron chi connectivity index (χ0n) is 12.9. The molecule has 0 radical (unpaired) electrons. The van der Waals surface area contributed by atoms with Crippen molar-refractivity contribution in [1.82, 2.24) is 0 Å². The Morgan fingerprint density at radius 1 is 1.33 bits per heavy atom. The first kappa shape index (κ1) is 16.0. The second-order valence-electron chi connectivity index (χ2n) is 6.43. The highest BCUT2D eigenvalue weighted by Gasteiger charge is 2.24. The van der Waals surface area contributed by atoms with Gasteiger partial charge in [-0.2, -0.15) is 0 Å². The van der Waals surface area contributed by atoms with Crippen LogP contribution in [0.15, 0.2) is 35.9 Å². The number of para-hydroxylation sites is 1. The number of benzene rings is 1. The molecule has 0 spiro atoms. The molecule has 4 heteroatoms. The highest BCUT2D eigenvalue weighted by molar-refractivity contribution is 7.83. The standard InChI is InChI=1S/C17H23NO2S/c1-17(2)10-8-13(9-11-17)16(19)18-15-7-5-4-6-14(15)12-21(3)20/h4-8H,9-12H2,1-3H3,(H,18,19). The summed E-state index contributed by atoms with van der Waals surface area (Å²) < 4.78 is 11.4. The molecular formula is C17H23NO2S. The Balaban J connectivity index is 2.10. The van der Waals surface area contributed by atoms with Crippen molar-refractivity contribution in [3.05, 3.63) is 41.5 Å². The van der Waals surface area contributed by atoms with Gasteiger partial charge >= 0.3 is 0 Å². The average molecular weight is 305 g/mol. The molecule has 0 saturated carbocycles. The molecule has 1 N–H and O–H groups in total. The van der Waals surface area contributed by atoms with Crippen LogP contribution in [0.25, 0.3) is 0 Å². The molecule has 1 unspecified atom stereocenters. The van der Waals surface area contributed by atoms with Gasteiger partial charge in [0.2, 0.25) is 0 Å². The van der Waals surface area contributed by atoms with Gasteiger partial charge in [-0.05, 0) is 36.3 Å².